The van der Waals surface area contributed by atoms with Gasteiger partial charge in [-0.2, -0.15) is 4.31 Å². The van der Waals surface area contributed by atoms with Gasteiger partial charge in [-0.15, -0.1) is 24.0 Å². The topological polar surface area (TPSA) is 89.9 Å². The number of pyridine rings is 1. The third-order valence-corrected chi connectivity index (χ3v) is 6.68. The van der Waals surface area contributed by atoms with E-state index in [4.69, 9.17) is 0 Å². The third kappa shape index (κ3) is 9.34. The van der Waals surface area contributed by atoms with E-state index in [1.54, 1.807) is 10.5 Å². The normalized spacial score (nSPS) is 15.7. The van der Waals surface area contributed by atoms with Crippen molar-refractivity contribution in [2.75, 3.05) is 56.5 Å². The van der Waals surface area contributed by atoms with E-state index in [2.05, 4.69) is 39.4 Å². The number of nitrogens with one attached hydrogen (secondary N) is 2. The first-order valence-electron chi connectivity index (χ1n) is 10.6. The molecule has 1 aliphatic rings. The van der Waals surface area contributed by atoms with Gasteiger partial charge in [0.15, 0.2) is 5.96 Å². The Bertz CT molecular complexity index is 722. The van der Waals surface area contributed by atoms with Crippen LogP contribution in [0.2, 0.25) is 0 Å². The molecule has 0 atom stereocenters. The van der Waals surface area contributed by atoms with Gasteiger partial charge in [-0.05, 0) is 37.8 Å². The molecule has 0 aromatic carbocycles. The summed E-state index contributed by atoms with van der Waals surface area (Å²) in [6, 6.07) is 5.78. The molecule has 172 valence electrons. The molecule has 1 aromatic heterocycles. The van der Waals surface area contributed by atoms with Crippen LogP contribution >= 0.6 is 24.0 Å². The van der Waals surface area contributed by atoms with Gasteiger partial charge in [-0.25, -0.2) is 13.4 Å². The predicted molar refractivity (Wildman–Crippen MR) is 135 cm³/mol. The summed E-state index contributed by atoms with van der Waals surface area (Å²) in [6.07, 6.45) is 3.94. The lowest BCUT2D eigenvalue weighted by Crippen LogP contribution is -2.50. The molecule has 0 spiro atoms. The molecule has 0 saturated carbocycles. The molecule has 8 nitrogen and oxygen atoms in total. The van der Waals surface area contributed by atoms with Crippen molar-refractivity contribution in [2.45, 2.75) is 33.6 Å². The van der Waals surface area contributed by atoms with E-state index in [-0.39, 0.29) is 29.7 Å². The van der Waals surface area contributed by atoms with E-state index >= 15 is 0 Å². The first-order chi connectivity index (χ1) is 13.9. The average molecular weight is 553 g/mol. The molecule has 0 amide bonds. The van der Waals surface area contributed by atoms with Crippen molar-refractivity contribution in [3.05, 3.63) is 24.4 Å². The van der Waals surface area contributed by atoms with Crippen LogP contribution in [0.4, 0.5) is 5.82 Å². The number of halogens is 1. The Morgan fingerprint density at radius 2 is 1.93 bits per heavy atom. The highest BCUT2D eigenvalue weighted by atomic mass is 127. The fourth-order valence-corrected chi connectivity index (χ4v) is 4.53. The summed E-state index contributed by atoms with van der Waals surface area (Å²) >= 11 is 0. The van der Waals surface area contributed by atoms with E-state index in [1.807, 2.05) is 25.1 Å². The lowest BCUT2D eigenvalue weighted by Gasteiger charge is -2.34. The van der Waals surface area contributed by atoms with Crippen molar-refractivity contribution < 1.29 is 8.42 Å². The minimum absolute atomic E-state index is 0. The molecule has 1 saturated heterocycles. The van der Waals surface area contributed by atoms with Crippen molar-refractivity contribution >= 4 is 45.8 Å². The van der Waals surface area contributed by atoms with Gasteiger partial charge in [0.2, 0.25) is 10.0 Å². The van der Waals surface area contributed by atoms with Gasteiger partial charge in [-0.1, -0.05) is 19.9 Å². The van der Waals surface area contributed by atoms with E-state index in [0.717, 1.165) is 31.7 Å². The fourth-order valence-electron chi connectivity index (χ4n) is 3.20. The number of hydrogen-bond acceptors (Lipinski definition) is 5. The van der Waals surface area contributed by atoms with E-state index in [0.29, 0.717) is 44.6 Å². The Hall–Kier alpha value is -1.14. The maximum Gasteiger partial charge on any atom is 0.215 e. The smallest absolute Gasteiger partial charge is 0.215 e. The monoisotopic (exact) mass is 552 g/mol. The molecular formula is C20H37IN6O2S. The molecular weight excluding hydrogens is 515 g/mol. The fraction of sp³-hybridized carbons (Fsp3) is 0.700. The van der Waals surface area contributed by atoms with Crippen molar-refractivity contribution in [2.24, 2.45) is 10.9 Å². The van der Waals surface area contributed by atoms with Crippen molar-refractivity contribution in [3.63, 3.8) is 0 Å². The molecule has 0 aliphatic carbocycles. The first kappa shape index (κ1) is 26.9. The summed E-state index contributed by atoms with van der Waals surface area (Å²) in [7, 11) is -3.29. The standard InChI is InChI=1S/C20H36N6O2S.HI/c1-4-21-20(23-11-7-8-18(2)3)24-12-17-29(27,28)26-15-13-25(14-16-26)19-9-5-6-10-22-19;/h5-6,9-10,18H,4,7-8,11-17H2,1-3H3,(H2,21,23,24);1H. The number of hydrogen-bond donors (Lipinski definition) is 2. The van der Waals surface area contributed by atoms with Crippen LogP contribution in [0.25, 0.3) is 0 Å². The van der Waals surface area contributed by atoms with Crippen LogP contribution in [0.5, 0.6) is 0 Å². The second-order valence-corrected chi connectivity index (χ2v) is 9.70. The Labute approximate surface area is 199 Å². The molecule has 1 fully saturated rings. The molecule has 10 heteroatoms. The molecule has 2 heterocycles. The second kappa shape index (κ2) is 14.0. The summed E-state index contributed by atoms with van der Waals surface area (Å²) in [4.78, 5) is 11.0. The second-order valence-electron chi connectivity index (χ2n) is 7.61. The van der Waals surface area contributed by atoms with Gasteiger partial charge in [0.25, 0.3) is 0 Å². The predicted octanol–water partition coefficient (Wildman–Crippen LogP) is 2.14. The molecule has 0 unspecified atom stereocenters. The van der Waals surface area contributed by atoms with Gasteiger partial charge < -0.3 is 15.5 Å². The molecule has 30 heavy (non-hydrogen) atoms. The number of guanidine groups is 1. The first-order valence-corrected chi connectivity index (χ1v) is 12.2. The quantitative estimate of drug-likeness (QED) is 0.200. The Morgan fingerprint density at radius 3 is 2.53 bits per heavy atom. The maximum atomic E-state index is 12.7. The minimum Gasteiger partial charge on any atom is -0.357 e. The Morgan fingerprint density at radius 1 is 1.20 bits per heavy atom. The van der Waals surface area contributed by atoms with Crippen LogP contribution in [0, 0.1) is 5.92 Å². The van der Waals surface area contributed by atoms with Gasteiger partial charge in [0.1, 0.15) is 5.82 Å². The highest BCUT2D eigenvalue weighted by Crippen LogP contribution is 2.14. The largest absolute Gasteiger partial charge is 0.357 e. The van der Waals surface area contributed by atoms with Gasteiger partial charge in [0, 0.05) is 52.0 Å². The summed E-state index contributed by atoms with van der Waals surface area (Å²) in [6.45, 7) is 10.5. The highest BCUT2D eigenvalue weighted by Gasteiger charge is 2.27. The Kier molecular flexibility index (Phi) is 12.6. The van der Waals surface area contributed by atoms with E-state index in [1.165, 1.54) is 0 Å². The van der Waals surface area contributed by atoms with Gasteiger partial charge in [-0.3, -0.25) is 4.99 Å². The number of aliphatic imine (C=N–C) groups is 1. The van der Waals surface area contributed by atoms with Crippen LogP contribution in [-0.4, -0.2) is 75.2 Å². The highest BCUT2D eigenvalue weighted by molar-refractivity contribution is 14.0. The summed E-state index contributed by atoms with van der Waals surface area (Å²) in [5.74, 6) is 2.32. The zero-order chi connectivity index (χ0) is 21.1. The number of anilines is 1. The molecule has 0 bridgehead atoms. The molecule has 2 rings (SSSR count). The molecule has 2 N–H and O–H groups in total. The van der Waals surface area contributed by atoms with Crippen LogP contribution in [0.15, 0.2) is 29.4 Å². The number of piperazine rings is 1. The van der Waals surface area contributed by atoms with Crippen LogP contribution < -0.4 is 15.5 Å². The molecule has 1 aliphatic heterocycles. The van der Waals surface area contributed by atoms with Gasteiger partial charge >= 0.3 is 0 Å². The molecule has 0 radical (unpaired) electrons. The minimum atomic E-state index is -3.29. The summed E-state index contributed by atoms with van der Waals surface area (Å²) in [5.41, 5.74) is 0. The van der Waals surface area contributed by atoms with Crippen LogP contribution in [0.3, 0.4) is 0 Å². The SMILES string of the molecule is CCNC(=NCCCC(C)C)NCCS(=O)(=O)N1CCN(c2ccccn2)CC1.I. The van der Waals surface area contributed by atoms with E-state index < -0.39 is 10.0 Å². The van der Waals surface area contributed by atoms with Crippen molar-refractivity contribution in [1.29, 1.82) is 0 Å². The average Bonchev–Trinajstić information content (AvgIpc) is 2.71. The van der Waals surface area contributed by atoms with Crippen LogP contribution in [-0.2, 0) is 10.0 Å². The zero-order valence-corrected chi connectivity index (χ0v) is 21.5. The zero-order valence-electron chi connectivity index (χ0n) is 18.4. The van der Waals surface area contributed by atoms with Crippen molar-refractivity contribution in [3.8, 4) is 0 Å². The number of rotatable bonds is 10. The van der Waals surface area contributed by atoms with E-state index in [9.17, 15) is 8.42 Å². The number of nitrogens with zero attached hydrogens (tertiary/aromatic N) is 4. The van der Waals surface area contributed by atoms with Crippen molar-refractivity contribution in [1.82, 2.24) is 19.9 Å². The summed E-state index contributed by atoms with van der Waals surface area (Å²) < 4.78 is 27.0. The molecule has 1 aromatic rings. The van der Waals surface area contributed by atoms with Crippen LogP contribution in [0.1, 0.15) is 33.6 Å². The number of aromatic nitrogens is 1. The number of sulfonamides is 1. The Balaban J connectivity index is 0.00000450. The maximum absolute atomic E-state index is 12.7. The lowest BCUT2D eigenvalue weighted by atomic mass is 10.1. The summed E-state index contributed by atoms with van der Waals surface area (Å²) in [5, 5.41) is 6.33. The lowest BCUT2D eigenvalue weighted by molar-refractivity contribution is 0.384. The third-order valence-electron chi connectivity index (χ3n) is 4.81. The van der Waals surface area contributed by atoms with Gasteiger partial charge in [0.05, 0.1) is 5.75 Å².